The predicted molar refractivity (Wildman–Crippen MR) is 101 cm³/mol. The monoisotopic (exact) mass is 352 g/mol. The first-order chi connectivity index (χ1) is 12.2. The Balaban J connectivity index is 1.51. The van der Waals surface area contributed by atoms with Crippen LogP contribution in [0.25, 0.3) is 0 Å². The molecule has 0 spiro atoms. The molecule has 0 aliphatic carbocycles. The second-order valence-electron chi connectivity index (χ2n) is 5.67. The summed E-state index contributed by atoms with van der Waals surface area (Å²) in [4.78, 5) is 16.0. The van der Waals surface area contributed by atoms with E-state index < -0.39 is 0 Å². The molecule has 1 amide bonds. The zero-order chi connectivity index (χ0) is 17.2. The lowest BCUT2D eigenvalue weighted by atomic mass is 10.1. The Kier molecular flexibility index (Phi) is 4.15. The first kappa shape index (κ1) is 15.7. The number of methoxy groups -OCH3 is 1. The van der Waals surface area contributed by atoms with Gasteiger partial charge in [-0.2, -0.15) is 5.10 Å². The maximum Gasteiger partial charge on any atom is 0.228 e. The van der Waals surface area contributed by atoms with Crippen LogP contribution in [0.15, 0.2) is 52.6 Å². The summed E-state index contributed by atoms with van der Waals surface area (Å²) in [7, 11) is 1.64. The molecule has 0 atom stereocenters. The van der Waals surface area contributed by atoms with E-state index in [1.807, 2.05) is 42.5 Å². The van der Waals surface area contributed by atoms with E-state index in [1.165, 1.54) is 0 Å². The van der Waals surface area contributed by atoms with Gasteiger partial charge in [-0.05, 0) is 35.4 Å². The molecule has 0 saturated carbocycles. The number of nitrogens with one attached hydrogen (secondary N) is 2. The van der Waals surface area contributed by atoms with Crippen LogP contribution in [0.5, 0.6) is 5.75 Å². The molecule has 0 saturated heterocycles. The smallest absolute Gasteiger partial charge is 0.228 e. The summed E-state index contributed by atoms with van der Waals surface area (Å²) in [5.74, 6) is 1.53. The van der Waals surface area contributed by atoms with Crippen molar-refractivity contribution < 1.29 is 9.53 Å². The van der Waals surface area contributed by atoms with E-state index in [9.17, 15) is 4.79 Å². The Hall–Kier alpha value is -2.80. The standard InChI is InChI=1S/C18H16N4O2S/c1-24-14-4-2-3-13(9-14)19-18-22-21-16(10-25-18)11-5-6-15-12(7-11)8-17(23)20-15/h2-7,9H,8,10H2,1H3,(H,19,22)(H,20,23). The number of hydrazone groups is 1. The summed E-state index contributed by atoms with van der Waals surface area (Å²) in [5.41, 5.74) is 7.70. The fourth-order valence-electron chi connectivity index (χ4n) is 2.73. The van der Waals surface area contributed by atoms with E-state index in [0.29, 0.717) is 6.42 Å². The minimum absolute atomic E-state index is 0.0398. The van der Waals surface area contributed by atoms with Crippen molar-refractivity contribution >= 4 is 39.9 Å². The first-order valence-corrected chi connectivity index (χ1v) is 8.81. The second-order valence-corrected chi connectivity index (χ2v) is 6.64. The number of carbonyl (C=O) groups excluding carboxylic acids is 1. The van der Waals surface area contributed by atoms with Gasteiger partial charge in [0.05, 0.1) is 24.9 Å². The largest absolute Gasteiger partial charge is 0.497 e. The number of amidine groups is 1. The number of carbonyl (C=O) groups is 1. The average Bonchev–Trinajstić information content (AvgIpc) is 3.01. The highest BCUT2D eigenvalue weighted by Crippen LogP contribution is 2.26. The van der Waals surface area contributed by atoms with Gasteiger partial charge in [0.2, 0.25) is 5.91 Å². The summed E-state index contributed by atoms with van der Waals surface area (Å²) >= 11 is 1.59. The molecule has 2 aromatic carbocycles. The van der Waals surface area contributed by atoms with Crippen LogP contribution >= 0.6 is 11.8 Å². The second kappa shape index (κ2) is 6.60. The van der Waals surface area contributed by atoms with Gasteiger partial charge >= 0.3 is 0 Å². The number of fused-ring (bicyclic) bond motifs is 1. The summed E-state index contributed by atoms with van der Waals surface area (Å²) in [6.45, 7) is 0. The quantitative estimate of drug-likeness (QED) is 0.891. The molecule has 2 heterocycles. The van der Waals surface area contributed by atoms with Gasteiger partial charge in [-0.3, -0.25) is 10.2 Å². The normalized spacial score (nSPS) is 17.6. The molecule has 2 aromatic rings. The minimum Gasteiger partial charge on any atom is -0.497 e. The molecular formula is C18H16N4O2S. The molecule has 2 N–H and O–H groups in total. The molecule has 6 nitrogen and oxygen atoms in total. The number of benzene rings is 2. The van der Waals surface area contributed by atoms with E-state index in [2.05, 4.69) is 20.8 Å². The van der Waals surface area contributed by atoms with E-state index in [1.54, 1.807) is 18.9 Å². The van der Waals surface area contributed by atoms with Gasteiger partial charge in [0.25, 0.3) is 0 Å². The lowest BCUT2D eigenvalue weighted by Gasteiger charge is -2.15. The van der Waals surface area contributed by atoms with E-state index >= 15 is 0 Å². The van der Waals surface area contributed by atoms with Crippen LogP contribution in [0.3, 0.4) is 0 Å². The molecule has 7 heteroatoms. The van der Waals surface area contributed by atoms with Gasteiger partial charge in [-0.15, -0.1) is 0 Å². The molecule has 0 fully saturated rings. The minimum atomic E-state index is 0.0398. The number of aliphatic imine (C=N–C) groups is 1. The van der Waals surface area contributed by atoms with E-state index in [-0.39, 0.29) is 5.91 Å². The third kappa shape index (κ3) is 3.36. The molecule has 126 valence electrons. The van der Waals surface area contributed by atoms with E-state index in [4.69, 9.17) is 4.74 Å². The topological polar surface area (TPSA) is 75.1 Å². The van der Waals surface area contributed by atoms with Crippen molar-refractivity contribution in [2.45, 2.75) is 6.42 Å². The molecule has 0 radical (unpaired) electrons. The molecule has 0 unspecified atom stereocenters. The number of amides is 1. The fraction of sp³-hybridized carbons (Fsp3) is 0.167. The number of nitrogens with zero attached hydrogens (tertiary/aromatic N) is 2. The van der Waals surface area contributed by atoms with Crippen molar-refractivity contribution in [1.82, 2.24) is 5.43 Å². The van der Waals surface area contributed by atoms with Crippen LogP contribution < -0.4 is 15.5 Å². The molecular weight excluding hydrogens is 336 g/mol. The van der Waals surface area contributed by atoms with Crippen molar-refractivity contribution in [3.8, 4) is 5.75 Å². The van der Waals surface area contributed by atoms with Crippen LogP contribution in [-0.2, 0) is 11.2 Å². The summed E-state index contributed by atoms with van der Waals surface area (Å²) < 4.78 is 5.21. The number of ether oxygens (including phenoxy) is 1. The van der Waals surface area contributed by atoms with Gasteiger partial charge < -0.3 is 10.1 Å². The molecule has 2 aliphatic heterocycles. The van der Waals surface area contributed by atoms with Crippen LogP contribution in [0.1, 0.15) is 11.1 Å². The van der Waals surface area contributed by atoms with Gasteiger partial charge in [-0.1, -0.05) is 23.9 Å². The van der Waals surface area contributed by atoms with E-state index in [0.717, 1.165) is 44.9 Å². The summed E-state index contributed by atoms with van der Waals surface area (Å²) in [6.07, 6.45) is 0.430. The number of thioether (sulfide) groups is 1. The highest BCUT2D eigenvalue weighted by molar-refractivity contribution is 8.14. The maximum absolute atomic E-state index is 11.5. The van der Waals surface area contributed by atoms with Crippen molar-refractivity contribution in [2.24, 2.45) is 10.1 Å². The zero-order valence-electron chi connectivity index (χ0n) is 13.6. The summed E-state index contributed by atoms with van der Waals surface area (Å²) in [6, 6.07) is 13.5. The Morgan fingerprint density at radius 2 is 2.16 bits per heavy atom. The van der Waals surface area contributed by atoms with Crippen molar-refractivity contribution in [1.29, 1.82) is 0 Å². The lowest BCUT2D eigenvalue weighted by Crippen LogP contribution is -2.25. The summed E-state index contributed by atoms with van der Waals surface area (Å²) in [5, 5.41) is 8.03. The zero-order valence-corrected chi connectivity index (χ0v) is 14.4. The van der Waals surface area contributed by atoms with Gasteiger partial charge in [-0.25, -0.2) is 4.99 Å². The van der Waals surface area contributed by atoms with Crippen molar-refractivity contribution in [3.05, 3.63) is 53.6 Å². The first-order valence-electron chi connectivity index (χ1n) is 7.82. The number of rotatable bonds is 3. The molecule has 0 aromatic heterocycles. The van der Waals surface area contributed by atoms with Gasteiger partial charge in [0.15, 0.2) is 5.17 Å². The van der Waals surface area contributed by atoms with Crippen molar-refractivity contribution in [3.63, 3.8) is 0 Å². The number of hydrogen-bond donors (Lipinski definition) is 2. The molecule has 4 rings (SSSR count). The average molecular weight is 352 g/mol. The van der Waals surface area contributed by atoms with Crippen molar-refractivity contribution in [2.75, 3.05) is 18.2 Å². The fourth-order valence-corrected chi connectivity index (χ4v) is 3.51. The Morgan fingerprint density at radius 1 is 1.24 bits per heavy atom. The molecule has 25 heavy (non-hydrogen) atoms. The van der Waals surface area contributed by atoms with Crippen LogP contribution in [0.2, 0.25) is 0 Å². The third-order valence-corrected chi connectivity index (χ3v) is 4.85. The highest BCUT2D eigenvalue weighted by atomic mass is 32.2. The van der Waals surface area contributed by atoms with Gasteiger partial charge in [0, 0.05) is 17.5 Å². The molecule has 0 bridgehead atoms. The number of anilines is 1. The number of hydrogen-bond acceptors (Lipinski definition) is 5. The Bertz CT molecular complexity index is 908. The SMILES string of the molecule is COc1cccc(N=C2NN=C(c3ccc4c(c3)CC(=O)N4)CS2)c1. The third-order valence-electron chi connectivity index (χ3n) is 3.98. The molecule has 2 aliphatic rings. The van der Waals surface area contributed by atoms with Crippen LogP contribution in [0.4, 0.5) is 11.4 Å². The Morgan fingerprint density at radius 3 is 2.96 bits per heavy atom. The van der Waals surface area contributed by atoms with Crippen LogP contribution in [-0.4, -0.2) is 29.6 Å². The maximum atomic E-state index is 11.5. The predicted octanol–water partition coefficient (Wildman–Crippen LogP) is 2.92. The Labute approximate surface area is 149 Å². The van der Waals surface area contributed by atoms with Gasteiger partial charge in [0.1, 0.15) is 5.75 Å². The highest BCUT2D eigenvalue weighted by Gasteiger charge is 2.20. The van der Waals surface area contributed by atoms with Crippen LogP contribution in [0, 0.1) is 0 Å². The lowest BCUT2D eigenvalue weighted by molar-refractivity contribution is -0.115.